The molecule has 0 unspecified atom stereocenters. The van der Waals surface area contributed by atoms with Gasteiger partial charge in [-0.1, -0.05) is 19.1 Å². The fraction of sp³-hybridized carbons (Fsp3) is 0.250. The summed E-state index contributed by atoms with van der Waals surface area (Å²) >= 11 is 0. The van der Waals surface area contributed by atoms with E-state index < -0.39 is 10.0 Å². The van der Waals surface area contributed by atoms with Gasteiger partial charge in [0.15, 0.2) is 0 Å². The molecule has 33 heavy (non-hydrogen) atoms. The van der Waals surface area contributed by atoms with Crippen LogP contribution in [0.2, 0.25) is 0 Å². The van der Waals surface area contributed by atoms with E-state index in [1.165, 1.54) is 30.3 Å². The zero-order valence-electron chi connectivity index (χ0n) is 18.6. The number of aromatic nitrogens is 2. The second-order valence-electron chi connectivity index (χ2n) is 7.55. The van der Waals surface area contributed by atoms with Gasteiger partial charge in [0.1, 0.15) is 5.82 Å². The van der Waals surface area contributed by atoms with Crippen molar-refractivity contribution in [1.29, 1.82) is 0 Å². The number of H-pyrrole nitrogens is 1. The molecule has 0 aliphatic heterocycles. The summed E-state index contributed by atoms with van der Waals surface area (Å²) in [6.07, 6.45) is 4.60. The number of hydrogen-bond donors (Lipinski definition) is 2. The average molecular weight is 471 g/mol. The van der Waals surface area contributed by atoms with Gasteiger partial charge in [-0.15, -0.1) is 0 Å². The first kappa shape index (κ1) is 24.3. The number of nitrogens with zero attached hydrogens (tertiary/aromatic N) is 2. The van der Waals surface area contributed by atoms with Crippen LogP contribution in [0.15, 0.2) is 65.6 Å². The Morgan fingerprint density at radius 1 is 1.15 bits per heavy atom. The lowest BCUT2D eigenvalue weighted by Gasteiger charge is -2.14. The summed E-state index contributed by atoms with van der Waals surface area (Å²) in [7, 11) is -1.76. The summed E-state index contributed by atoms with van der Waals surface area (Å²) in [4.78, 5) is 14.2. The van der Waals surface area contributed by atoms with E-state index in [1.54, 1.807) is 49.2 Å². The van der Waals surface area contributed by atoms with Crippen LogP contribution in [0.4, 0.5) is 4.39 Å². The predicted octanol–water partition coefficient (Wildman–Crippen LogP) is 3.62. The Labute approximate surface area is 193 Å². The largest absolute Gasteiger partial charge is 0.342 e. The van der Waals surface area contributed by atoms with Gasteiger partial charge in [-0.05, 0) is 66.9 Å². The molecule has 3 aromatic rings. The Kier molecular flexibility index (Phi) is 8.13. The van der Waals surface area contributed by atoms with E-state index in [0.29, 0.717) is 13.1 Å². The predicted molar refractivity (Wildman–Crippen MR) is 126 cm³/mol. The molecule has 3 rings (SSSR count). The number of benzene rings is 2. The number of sulfonamides is 1. The number of hydrogen-bond acceptors (Lipinski definition) is 4. The maximum atomic E-state index is 13.1. The summed E-state index contributed by atoms with van der Waals surface area (Å²) in [5, 5.41) is 7.25. The maximum absolute atomic E-state index is 13.1. The molecule has 0 saturated carbocycles. The average Bonchev–Trinajstić information content (AvgIpc) is 3.27. The van der Waals surface area contributed by atoms with Gasteiger partial charge in [0, 0.05) is 37.5 Å². The van der Waals surface area contributed by atoms with E-state index in [4.69, 9.17) is 0 Å². The molecule has 1 heterocycles. The first-order chi connectivity index (χ1) is 15.8. The molecule has 1 amide bonds. The molecule has 0 radical (unpaired) electrons. The van der Waals surface area contributed by atoms with Gasteiger partial charge >= 0.3 is 0 Å². The zero-order valence-corrected chi connectivity index (χ0v) is 19.4. The van der Waals surface area contributed by atoms with E-state index in [0.717, 1.165) is 35.4 Å². The van der Waals surface area contributed by atoms with Crippen molar-refractivity contribution >= 4 is 22.0 Å². The Morgan fingerprint density at radius 2 is 1.85 bits per heavy atom. The topological polar surface area (TPSA) is 95.2 Å². The molecule has 9 heteroatoms. The van der Waals surface area contributed by atoms with E-state index >= 15 is 0 Å². The smallest absolute Gasteiger partial charge is 0.246 e. The highest BCUT2D eigenvalue weighted by Gasteiger charge is 2.12. The van der Waals surface area contributed by atoms with E-state index in [1.807, 2.05) is 6.07 Å². The number of carbonyl (C=O) groups excluding carboxylic acids is 1. The number of aromatic amines is 1. The zero-order chi connectivity index (χ0) is 23.8. The highest BCUT2D eigenvalue weighted by molar-refractivity contribution is 7.89. The molecule has 0 aliphatic rings. The van der Waals surface area contributed by atoms with E-state index in [-0.39, 0.29) is 16.6 Å². The summed E-state index contributed by atoms with van der Waals surface area (Å²) in [6.45, 7) is 2.60. The van der Waals surface area contributed by atoms with Gasteiger partial charge in [0.25, 0.3) is 0 Å². The Hall–Kier alpha value is -3.30. The summed E-state index contributed by atoms with van der Waals surface area (Å²) < 4.78 is 39.5. The lowest BCUT2D eigenvalue weighted by Crippen LogP contribution is -2.26. The molecule has 0 atom stereocenters. The fourth-order valence-electron chi connectivity index (χ4n) is 3.20. The molecule has 0 saturated heterocycles. The van der Waals surface area contributed by atoms with Gasteiger partial charge in [-0.2, -0.15) is 5.10 Å². The summed E-state index contributed by atoms with van der Waals surface area (Å²) in [5.74, 6) is -0.429. The molecular formula is C24H27FN4O3S. The number of amides is 1. The van der Waals surface area contributed by atoms with Gasteiger partial charge in [-0.25, -0.2) is 17.5 Å². The van der Waals surface area contributed by atoms with Crippen molar-refractivity contribution in [2.24, 2.45) is 0 Å². The van der Waals surface area contributed by atoms with E-state index in [9.17, 15) is 17.6 Å². The molecule has 2 N–H and O–H groups in total. The van der Waals surface area contributed by atoms with Crippen molar-refractivity contribution in [3.05, 3.63) is 77.7 Å². The third kappa shape index (κ3) is 6.84. The molecule has 2 aromatic carbocycles. The number of nitrogens with one attached hydrogen (secondary N) is 2. The number of likely N-dealkylation sites (N-methyl/N-ethyl adjacent to an activating group) is 1. The van der Waals surface area contributed by atoms with Crippen molar-refractivity contribution < 1.29 is 17.6 Å². The number of carbonyl (C=O) groups is 1. The van der Waals surface area contributed by atoms with Crippen LogP contribution in [0, 0.1) is 5.82 Å². The molecule has 7 nitrogen and oxygen atoms in total. The highest BCUT2D eigenvalue weighted by atomic mass is 32.2. The van der Waals surface area contributed by atoms with Gasteiger partial charge in [0.2, 0.25) is 15.9 Å². The molecular weight excluding hydrogens is 443 g/mol. The summed E-state index contributed by atoms with van der Waals surface area (Å²) in [6, 6.07) is 14.4. The lowest BCUT2D eigenvalue weighted by molar-refractivity contribution is -0.124. The first-order valence-corrected chi connectivity index (χ1v) is 12.1. The van der Waals surface area contributed by atoms with Crippen molar-refractivity contribution in [1.82, 2.24) is 19.8 Å². The normalized spacial score (nSPS) is 11.7. The minimum atomic E-state index is -3.49. The monoisotopic (exact) mass is 470 g/mol. The van der Waals surface area contributed by atoms with Crippen molar-refractivity contribution in [2.45, 2.75) is 24.7 Å². The third-order valence-electron chi connectivity index (χ3n) is 5.03. The van der Waals surface area contributed by atoms with Crippen LogP contribution in [0.25, 0.3) is 17.3 Å². The molecule has 1 aromatic heterocycles. The number of rotatable bonds is 10. The molecule has 0 spiro atoms. The van der Waals surface area contributed by atoms with Crippen LogP contribution in [0.1, 0.15) is 24.6 Å². The van der Waals surface area contributed by atoms with Crippen molar-refractivity contribution in [2.75, 3.05) is 20.1 Å². The standard InChI is InChI=1S/C24H27FN4O3S/c1-3-26-33(31,32)22-13-6-18(7-14-22)8-15-24(30)29(2)16-4-5-21-17-23(28-27-21)19-9-11-20(25)12-10-19/h6-15,17,26H,3-5,16H2,1-2H3,(H,27,28). The quantitative estimate of drug-likeness (QED) is 0.443. The van der Waals surface area contributed by atoms with E-state index in [2.05, 4.69) is 14.9 Å². The van der Waals surface area contributed by atoms with Crippen molar-refractivity contribution in [3.8, 4) is 11.3 Å². The molecule has 0 bridgehead atoms. The fourth-order valence-corrected chi connectivity index (χ4v) is 4.24. The summed E-state index contributed by atoms with van der Waals surface area (Å²) in [5.41, 5.74) is 3.27. The SMILES string of the molecule is CCNS(=O)(=O)c1ccc(C=CC(=O)N(C)CCCc2cc(-c3ccc(F)cc3)n[nH]2)cc1. The second-order valence-corrected chi connectivity index (χ2v) is 9.32. The third-order valence-corrected chi connectivity index (χ3v) is 6.59. The number of aryl methyl sites for hydroxylation is 1. The minimum Gasteiger partial charge on any atom is -0.342 e. The Balaban J connectivity index is 1.48. The maximum Gasteiger partial charge on any atom is 0.246 e. The minimum absolute atomic E-state index is 0.143. The highest BCUT2D eigenvalue weighted by Crippen LogP contribution is 2.18. The van der Waals surface area contributed by atoms with Gasteiger partial charge in [0.05, 0.1) is 10.6 Å². The first-order valence-electron chi connectivity index (χ1n) is 10.6. The lowest BCUT2D eigenvalue weighted by atomic mass is 10.1. The van der Waals surface area contributed by atoms with Crippen LogP contribution < -0.4 is 4.72 Å². The molecule has 174 valence electrons. The Morgan fingerprint density at radius 3 is 2.52 bits per heavy atom. The van der Waals surface area contributed by atoms with Gasteiger partial charge in [-0.3, -0.25) is 9.89 Å². The van der Waals surface area contributed by atoms with Crippen molar-refractivity contribution in [3.63, 3.8) is 0 Å². The number of halogens is 1. The molecule has 0 fully saturated rings. The second kappa shape index (κ2) is 11.0. The molecule has 0 aliphatic carbocycles. The van der Waals surface area contributed by atoms with Crippen LogP contribution in [0.3, 0.4) is 0 Å². The van der Waals surface area contributed by atoms with Crippen LogP contribution in [0.5, 0.6) is 0 Å². The van der Waals surface area contributed by atoms with Crippen LogP contribution in [-0.4, -0.2) is 49.6 Å². The van der Waals surface area contributed by atoms with Crippen LogP contribution >= 0.6 is 0 Å². The van der Waals surface area contributed by atoms with Gasteiger partial charge < -0.3 is 4.90 Å². The Bertz CT molecular complexity index is 1200. The van der Waals surface area contributed by atoms with Crippen LogP contribution in [-0.2, 0) is 21.2 Å².